The summed E-state index contributed by atoms with van der Waals surface area (Å²) in [6, 6.07) is 14.1. The lowest BCUT2D eigenvalue weighted by Gasteiger charge is -2.25. The Morgan fingerprint density at radius 1 is 1.15 bits per heavy atom. The molecule has 0 radical (unpaired) electrons. The van der Waals surface area contributed by atoms with Crippen molar-refractivity contribution in [2.24, 2.45) is 0 Å². The van der Waals surface area contributed by atoms with E-state index in [0.717, 1.165) is 28.5 Å². The molecule has 0 aliphatic rings. The van der Waals surface area contributed by atoms with Crippen molar-refractivity contribution in [3.8, 4) is 16.9 Å². The first-order chi connectivity index (χ1) is 15.9. The molecule has 0 bridgehead atoms. The molecule has 180 valence electrons. The van der Waals surface area contributed by atoms with Crippen LogP contribution in [-0.2, 0) is 15.4 Å². The third kappa shape index (κ3) is 5.95. The van der Waals surface area contributed by atoms with Gasteiger partial charge in [0.05, 0.1) is 20.0 Å². The number of rotatable bonds is 7. The summed E-state index contributed by atoms with van der Waals surface area (Å²) in [5, 5.41) is 10.1. The van der Waals surface area contributed by atoms with E-state index in [1.807, 2.05) is 18.2 Å². The molecule has 7 nitrogen and oxygen atoms in total. The molecule has 1 heterocycles. The predicted octanol–water partition coefficient (Wildman–Crippen LogP) is 4.25. The van der Waals surface area contributed by atoms with Gasteiger partial charge in [-0.1, -0.05) is 32.9 Å². The van der Waals surface area contributed by atoms with Crippen LogP contribution in [0, 0.1) is 0 Å². The number of anilines is 1. The fourth-order valence-corrected chi connectivity index (χ4v) is 4.29. The van der Waals surface area contributed by atoms with Crippen LogP contribution in [0.1, 0.15) is 37.5 Å². The molecule has 0 aliphatic carbocycles. The van der Waals surface area contributed by atoms with E-state index in [9.17, 15) is 18.3 Å². The molecule has 8 heteroatoms. The summed E-state index contributed by atoms with van der Waals surface area (Å²) in [5.74, 6) is 0.657. The third-order valence-electron chi connectivity index (χ3n) is 5.32. The number of pyridine rings is 1. The third-order valence-corrected chi connectivity index (χ3v) is 5.92. The van der Waals surface area contributed by atoms with Crippen LogP contribution in [0.3, 0.4) is 0 Å². The minimum atomic E-state index is -3.39. The number of aromatic amines is 1. The minimum Gasteiger partial charge on any atom is -0.496 e. The van der Waals surface area contributed by atoms with Crippen LogP contribution in [0.5, 0.6) is 5.75 Å². The fraction of sp³-hybridized carbons (Fsp3) is 0.269. The SMILES string of the molecule is COc1c(/C=C(\CO)c2ccc(NS(C)(=O)=O)cc2)cc(-c2ccc[nH]c2=O)cc1C(C)(C)C. The van der Waals surface area contributed by atoms with Crippen LogP contribution in [0.2, 0.25) is 0 Å². The van der Waals surface area contributed by atoms with Crippen LogP contribution in [0.25, 0.3) is 22.8 Å². The predicted molar refractivity (Wildman–Crippen MR) is 138 cm³/mol. The standard InChI is InChI=1S/C26H30N2O5S/c1-26(2,3)23-15-18(22-7-6-12-27-25(22)30)13-19(24(23)33-4)14-20(16-29)17-8-10-21(11-9-17)28-34(5,31)32/h6-15,28-29H,16H2,1-5H3,(H,27,30)/b20-14+. The molecule has 3 N–H and O–H groups in total. The number of H-pyrrole nitrogens is 1. The van der Waals surface area contributed by atoms with Gasteiger partial charge in [-0.05, 0) is 64.6 Å². The van der Waals surface area contributed by atoms with Gasteiger partial charge in [0.25, 0.3) is 5.56 Å². The van der Waals surface area contributed by atoms with Crippen molar-refractivity contribution in [2.75, 3.05) is 24.7 Å². The van der Waals surface area contributed by atoms with Gasteiger partial charge in [0, 0.05) is 28.6 Å². The smallest absolute Gasteiger partial charge is 0.255 e. The van der Waals surface area contributed by atoms with E-state index >= 15 is 0 Å². The Morgan fingerprint density at radius 2 is 1.82 bits per heavy atom. The molecule has 1 aromatic heterocycles. The highest BCUT2D eigenvalue weighted by molar-refractivity contribution is 7.92. The topological polar surface area (TPSA) is 108 Å². The van der Waals surface area contributed by atoms with Crippen molar-refractivity contribution < 1.29 is 18.3 Å². The molecule has 0 aliphatic heterocycles. The van der Waals surface area contributed by atoms with E-state index in [0.29, 0.717) is 22.6 Å². The van der Waals surface area contributed by atoms with Gasteiger partial charge in [-0.25, -0.2) is 8.42 Å². The molecule has 0 fully saturated rings. The molecular formula is C26H30N2O5S. The average molecular weight is 483 g/mol. The Balaban J connectivity index is 2.19. The lowest BCUT2D eigenvalue weighted by molar-refractivity contribution is 0.350. The molecule has 0 unspecified atom stereocenters. The van der Waals surface area contributed by atoms with Crippen LogP contribution in [0.4, 0.5) is 5.69 Å². The second-order valence-corrected chi connectivity index (χ2v) is 10.8. The van der Waals surface area contributed by atoms with E-state index < -0.39 is 10.0 Å². The first-order valence-corrected chi connectivity index (χ1v) is 12.6. The van der Waals surface area contributed by atoms with Crippen LogP contribution < -0.4 is 15.0 Å². The number of ether oxygens (including phenoxy) is 1. The second-order valence-electron chi connectivity index (χ2n) is 9.09. The fourth-order valence-electron chi connectivity index (χ4n) is 3.72. The van der Waals surface area contributed by atoms with Crippen molar-refractivity contribution in [1.82, 2.24) is 4.98 Å². The van der Waals surface area contributed by atoms with Gasteiger partial charge < -0.3 is 14.8 Å². The zero-order chi connectivity index (χ0) is 25.1. The second kappa shape index (κ2) is 9.87. The van der Waals surface area contributed by atoms with Gasteiger partial charge in [0.2, 0.25) is 10.0 Å². The monoisotopic (exact) mass is 482 g/mol. The number of hydrogen-bond donors (Lipinski definition) is 3. The summed E-state index contributed by atoms with van der Waals surface area (Å²) in [5.41, 5.74) is 4.22. The van der Waals surface area contributed by atoms with Crippen LogP contribution >= 0.6 is 0 Å². The lowest BCUT2D eigenvalue weighted by atomic mass is 9.83. The Labute approximate surface area is 200 Å². The van der Waals surface area contributed by atoms with Gasteiger partial charge in [-0.15, -0.1) is 0 Å². The molecular weight excluding hydrogens is 452 g/mol. The Morgan fingerprint density at radius 3 is 2.35 bits per heavy atom. The van der Waals surface area contributed by atoms with E-state index in [-0.39, 0.29) is 17.6 Å². The van der Waals surface area contributed by atoms with Crippen molar-refractivity contribution in [3.05, 3.63) is 81.8 Å². The number of methoxy groups -OCH3 is 1. The highest BCUT2D eigenvalue weighted by Crippen LogP contribution is 2.39. The zero-order valence-corrected chi connectivity index (χ0v) is 20.8. The van der Waals surface area contributed by atoms with E-state index in [2.05, 4.69) is 30.5 Å². The number of aliphatic hydroxyl groups excluding tert-OH is 1. The Bertz CT molecular complexity index is 1370. The lowest BCUT2D eigenvalue weighted by Crippen LogP contribution is -2.15. The maximum Gasteiger partial charge on any atom is 0.255 e. The minimum absolute atomic E-state index is 0.196. The quantitative estimate of drug-likeness (QED) is 0.436. The van der Waals surface area contributed by atoms with Crippen LogP contribution in [0.15, 0.2) is 59.5 Å². The van der Waals surface area contributed by atoms with Crippen molar-refractivity contribution in [1.29, 1.82) is 0 Å². The molecule has 0 spiro atoms. The van der Waals surface area contributed by atoms with Crippen LogP contribution in [-0.4, -0.2) is 38.5 Å². The molecule has 3 aromatic rings. The summed E-state index contributed by atoms with van der Waals surface area (Å²) in [6.45, 7) is 5.95. The summed E-state index contributed by atoms with van der Waals surface area (Å²) >= 11 is 0. The number of hydrogen-bond acceptors (Lipinski definition) is 5. The van der Waals surface area contributed by atoms with Crippen molar-refractivity contribution >= 4 is 27.4 Å². The summed E-state index contributed by atoms with van der Waals surface area (Å²) in [7, 11) is -1.79. The normalized spacial score (nSPS) is 12.5. The van der Waals surface area contributed by atoms with Gasteiger partial charge in [0.15, 0.2) is 0 Å². The summed E-state index contributed by atoms with van der Waals surface area (Å²) < 4.78 is 31.2. The van der Waals surface area contributed by atoms with Crippen molar-refractivity contribution in [3.63, 3.8) is 0 Å². The molecule has 0 saturated heterocycles. The number of benzene rings is 2. The van der Waals surface area contributed by atoms with Gasteiger partial charge >= 0.3 is 0 Å². The van der Waals surface area contributed by atoms with Gasteiger partial charge in [0.1, 0.15) is 5.75 Å². The summed E-state index contributed by atoms with van der Waals surface area (Å²) in [6.07, 6.45) is 4.50. The molecule has 3 rings (SSSR count). The van der Waals surface area contributed by atoms with Gasteiger partial charge in [-0.2, -0.15) is 0 Å². The molecule has 2 aromatic carbocycles. The number of aromatic nitrogens is 1. The van der Waals surface area contributed by atoms with Crippen molar-refractivity contribution in [2.45, 2.75) is 26.2 Å². The number of nitrogens with one attached hydrogen (secondary N) is 2. The zero-order valence-electron chi connectivity index (χ0n) is 20.0. The molecule has 0 amide bonds. The molecule has 0 saturated carbocycles. The first kappa shape index (κ1) is 25.3. The molecule has 0 atom stereocenters. The summed E-state index contributed by atoms with van der Waals surface area (Å²) in [4.78, 5) is 15.2. The maximum atomic E-state index is 12.5. The number of aliphatic hydroxyl groups is 1. The van der Waals surface area contributed by atoms with E-state index in [1.54, 1.807) is 49.7 Å². The maximum absolute atomic E-state index is 12.5. The number of sulfonamides is 1. The Kier molecular flexibility index (Phi) is 7.33. The highest BCUT2D eigenvalue weighted by Gasteiger charge is 2.23. The van der Waals surface area contributed by atoms with Gasteiger partial charge in [-0.3, -0.25) is 9.52 Å². The van der Waals surface area contributed by atoms with E-state index in [4.69, 9.17) is 4.74 Å². The average Bonchev–Trinajstić information content (AvgIpc) is 2.76. The van der Waals surface area contributed by atoms with E-state index in [1.165, 1.54) is 0 Å². The Hall–Kier alpha value is -3.36. The molecule has 34 heavy (non-hydrogen) atoms. The highest BCUT2D eigenvalue weighted by atomic mass is 32.2. The first-order valence-electron chi connectivity index (χ1n) is 10.7. The largest absolute Gasteiger partial charge is 0.496 e.